The Morgan fingerprint density at radius 2 is 1.54 bits per heavy atom. The molecule has 1 aliphatic rings. The molecular weight excluding hydrogens is 350 g/mol. The van der Waals surface area contributed by atoms with Gasteiger partial charge >= 0.3 is 0 Å². The van der Waals surface area contributed by atoms with Gasteiger partial charge in [0.15, 0.2) is 12.4 Å². The van der Waals surface area contributed by atoms with E-state index >= 15 is 0 Å². The van der Waals surface area contributed by atoms with E-state index in [0.717, 1.165) is 25.9 Å². The van der Waals surface area contributed by atoms with Crippen molar-refractivity contribution in [3.05, 3.63) is 64.7 Å². The van der Waals surface area contributed by atoms with Crippen LogP contribution in [-0.4, -0.2) is 36.3 Å². The number of amides is 1. The normalized spacial score (nSPS) is 14.9. The zero-order valence-electron chi connectivity index (χ0n) is 14.8. The lowest BCUT2D eigenvalue weighted by Gasteiger charge is -2.30. The van der Waals surface area contributed by atoms with Crippen LogP contribution in [0.25, 0.3) is 0 Å². The van der Waals surface area contributed by atoms with Crippen molar-refractivity contribution in [3.8, 4) is 5.75 Å². The molecule has 0 unspecified atom stereocenters. The maximum atomic E-state index is 12.4. The van der Waals surface area contributed by atoms with Crippen LogP contribution in [0.15, 0.2) is 48.5 Å². The Bertz CT molecular complexity index is 763. The van der Waals surface area contributed by atoms with Gasteiger partial charge in [-0.2, -0.15) is 0 Å². The summed E-state index contributed by atoms with van der Waals surface area (Å²) in [4.78, 5) is 26.5. The Morgan fingerprint density at radius 3 is 2.12 bits per heavy atom. The molecule has 0 atom stereocenters. The van der Waals surface area contributed by atoms with Crippen molar-refractivity contribution in [3.63, 3.8) is 0 Å². The molecule has 4 nitrogen and oxygen atoms in total. The van der Waals surface area contributed by atoms with Gasteiger partial charge < -0.3 is 9.64 Å². The summed E-state index contributed by atoms with van der Waals surface area (Å²) < 4.78 is 5.58. The minimum Gasteiger partial charge on any atom is -0.484 e. The fraction of sp³-hybridized carbons (Fsp3) is 0.333. The molecule has 0 bridgehead atoms. The quantitative estimate of drug-likeness (QED) is 0.740. The van der Waals surface area contributed by atoms with Crippen molar-refractivity contribution in [1.82, 2.24) is 4.90 Å². The molecule has 26 heavy (non-hydrogen) atoms. The Labute approximate surface area is 158 Å². The highest BCUT2D eigenvalue weighted by molar-refractivity contribution is 6.30. The third kappa shape index (κ3) is 4.64. The molecule has 1 aliphatic heterocycles. The van der Waals surface area contributed by atoms with E-state index in [4.69, 9.17) is 16.3 Å². The van der Waals surface area contributed by atoms with Gasteiger partial charge in [0.05, 0.1) is 0 Å². The number of hydrogen-bond acceptors (Lipinski definition) is 3. The third-order valence-electron chi connectivity index (χ3n) is 4.72. The number of halogens is 1. The number of likely N-dealkylation sites (tertiary alicyclic amines) is 1. The summed E-state index contributed by atoms with van der Waals surface area (Å²) in [5.41, 5.74) is 1.15. The molecule has 0 spiro atoms. The summed E-state index contributed by atoms with van der Waals surface area (Å²) in [7, 11) is 0. The first-order chi connectivity index (χ1) is 12.5. The second-order valence-electron chi connectivity index (χ2n) is 6.71. The first kappa shape index (κ1) is 18.5. The van der Waals surface area contributed by atoms with Gasteiger partial charge in [-0.25, -0.2) is 0 Å². The van der Waals surface area contributed by atoms with E-state index in [0.29, 0.717) is 27.8 Å². The molecule has 1 heterocycles. The van der Waals surface area contributed by atoms with E-state index in [1.54, 1.807) is 48.5 Å². The molecule has 2 aromatic rings. The number of carbonyl (C=O) groups is 2. The van der Waals surface area contributed by atoms with Crippen LogP contribution < -0.4 is 4.74 Å². The fourth-order valence-corrected chi connectivity index (χ4v) is 3.09. The smallest absolute Gasteiger partial charge is 0.260 e. The van der Waals surface area contributed by atoms with Crippen LogP contribution in [0.5, 0.6) is 5.75 Å². The Morgan fingerprint density at radius 1 is 1.00 bits per heavy atom. The summed E-state index contributed by atoms with van der Waals surface area (Å²) in [5.74, 6) is 1.20. The average Bonchev–Trinajstić information content (AvgIpc) is 2.67. The number of rotatable bonds is 5. The number of benzene rings is 2. The average molecular weight is 372 g/mol. The predicted octanol–water partition coefficient (Wildman–Crippen LogP) is 4.21. The van der Waals surface area contributed by atoms with Crippen molar-refractivity contribution in [2.75, 3.05) is 19.7 Å². The molecular formula is C21H22ClNO3. The number of hydrogen-bond donors (Lipinski definition) is 0. The van der Waals surface area contributed by atoms with Gasteiger partial charge in [0.25, 0.3) is 5.91 Å². The molecule has 2 aromatic carbocycles. The first-order valence-electron chi connectivity index (χ1n) is 8.84. The van der Waals surface area contributed by atoms with Crippen molar-refractivity contribution in [1.29, 1.82) is 0 Å². The van der Waals surface area contributed by atoms with Crippen LogP contribution >= 0.6 is 11.6 Å². The summed E-state index contributed by atoms with van der Waals surface area (Å²) in [6.07, 6.45) is 2.10. The molecule has 0 radical (unpaired) electrons. The standard InChI is InChI=1S/C21H22ClNO3/c1-15-10-12-23(13-11-15)20(24)14-26-19-8-4-17(5-9-19)21(25)16-2-6-18(22)7-3-16/h2-9,15H,10-14H2,1H3. The van der Waals surface area contributed by atoms with E-state index < -0.39 is 0 Å². The SMILES string of the molecule is CC1CCN(C(=O)COc2ccc(C(=O)c3ccc(Cl)cc3)cc2)CC1. The highest BCUT2D eigenvalue weighted by Gasteiger charge is 2.20. The molecule has 0 saturated carbocycles. The topological polar surface area (TPSA) is 46.6 Å². The van der Waals surface area contributed by atoms with Crippen molar-refractivity contribution in [2.24, 2.45) is 5.92 Å². The monoisotopic (exact) mass is 371 g/mol. The minimum atomic E-state index is -0.0771. The Kier molecular flexibility index (Phi) is 5.94. The summed E-state index contributed by atoms with van der Waals surface area (Å²) in [5, 5.41) is 0.595. The van der Waals surface area contributed by atoms with Gasteiger partial charge in [0.1, 0.15) is 5.75 Å². The maximum absolute atomic E-state index is 12.4. The van der Waals surface area contributed by atoms with E-state index in [-0.39, 0.29) is 18.3 Å². The highest BCUT2D eigenvalue weighted by atomic mass is 35.5. The van der Waals surface area contributed by atoms with Crippen LogP contribution in [0.3, 0.4) is 0 Å². The fourth-order valence-electron chi connectivity index (χ4n) is 2.96. The van der Waals surface area contributed by atoms with Crippen LogP contribution in [0.1, 0.15) is 35.7 Å². The van der Waals surface area contributed by atoms with Crippen LogP contribution in [0.2, 0.25) is 5.02 Å². The van der Waals surface area contributed by atoms with Crippen molar-refractivity contribution in [2.45, 2.75) is 19.8 Å². The highest BCUT2D eigenvalue weighted by Crippen LogP contribution is 2.19. The molecule has 0 N–H and O–H groups in total. The van der Waals surface area contributed by atoms with Crippen LogP contribution in [0.4, 0.5) is 0 Å². The number of ketones is 1. The number of ether oxygens (including phenoxy) is 1. The molecule has 1 amide bonds. The first-order valence-corrected chi connectivity index (χ1v) is 9.21. The number of nitrogens with zero attached hydrogens (tertiary/aromatic N) is 1. The number of piperidine rings is 1. The zero-order chi connectivity index (χ0) is 18.5. The molecule has 136 valence electrons. The predicted molar refractivity (Wildman–Crippen MR) is 102 cm³/mol. The molecule has 0 aromatic heterocycles. The lowest BCUT2D eigenvalue weighted by Crippen LogP contribution is -2.40. The second-order valence-corrected chi connectivity index (χ2v) is 7.15. The number of carbonyl (C=O) groups excluding carboxylic acids is 2. The molecule has 5 heteroatoms. The van der Waals surface area contributed by atoms with Gasteiger partial charge in [-0.3, -0.25) is 9.59 Å². The maximum Gasteiger partial charge on any atom is 0.260 e. The largest absolute Gasteiger partial charge is 0.484 e. The van der Waals surface area contributed by atoms with Gasteiger partial charge in [0, 0.05) is 29.2 Å². The molecule has 1 fully saturated rings. The molecule has 0 aliphatic carbocycles. The Hall–Kier alpha value is -2.33. The van der Waals surface area contributed by atoms with E-state index in [9.17, 15) is 9.59 Å². The Balaban J connectivity index is 1.55. The summed E-state index contributed by atoms with van der Waals surface area (Å²) in [6.45, 7) is 3.85. The van der Waals surface area contributed by atoms with Crippen LogP contribution in [0, 0.1) is 5.92 Å². The summed E-state index contributed by atoms with van der Waals surface area (Å²) >= 11 is 5.85. The van der Waals surface area contributed by atoms with Gasteiger partial charge in [-0.05, 0) is 67.3 Å². The van der Waals surface area contributed by atoms with Gasteiger partial charge in [-0.15, -0.1) is 0 Å². The zero-order valence-corrected chi connectivity index (χ0v) is 15.5. The third-order valence-corrected chi connectivity index (χ3v) is 4.97. The molecule has 1 saturated heterocycles. The minimum absolute atomic E-state index is 0.0122. The van der Waals surface area contributed by atoms with E-state index in [1.807, 2.05) is 4.90 Å². The van der Waals surface area contributed by atoms with Crippen LogP contribution in [-0.2, 0) is 4.79 Å². The molecule has 3 rings (SSSR count). The lowest BCUT2D eigenvalue weighted by atomic mass is 9.99. The lowest BCUT2D eigenvalue weighted by molar-refractivity contribution is -0.134. The van der Waals surface area contributed by atoms with E-state index in [1.165, 1.54) is 0 Å². The van der Waals surface area contributed by atoms with Crippen molar-refractivity contribution < 1.29 is 14.3 Å². The van der Waals surface area contributed by atoms with Crippen molar-refractivity contribution >= 4 is 23.3 Å². The van der Waals surface area contributed by atoms with Gasteiger partial charge in [-0.1, -0.05) is 18.5 Å². The van der Waals surface area contributed by atoms with E-state index in [2.05, 4.69) is 6.92 Å². The second kappa shape index (κ2) is 8.37. The summed E-state index contributed by atoms with van der Waals surface area (Å²) in [6, 6.07) is 13.6. The van der Waals surface area contributed by atoms with Gasteiger partial charge in [0.2, 0.25) is 0 Å².